The van der Waals surface area contributed by atoms with Gasteiger partial charge < -0.3 is 10.2 Å². The van der Waals surface area contributed by atoms with E-state index < -0.39 is 0 Å². The van der Waals surface area contributed by atoms with E-state index in [0.29, 0.717) is 0 Å². The number of urea groups is 1. The van der Waals surface area contributed by atoms with Crippen LogP contribution in [0.4, 0.5) is 4.79 Å². The molecule has 0 spiro atoms. The van der Waals surface area contributed by atoms with Crippen molar-refractivity contribution in [3.05, 3.63) is 30.1 Å². The van der Waals surface area contributed by atoms with Crippen LogP contribution in [0.25, 0.3) is 0 Å². The van der Waals surface area contributed by atoms with Crippen molar-refractivity contribution in [3.8, 4) is 0 Å². The summed E-state index contributed by atoms with van der Waals surface area (Å²) < 4.78 is 0. The predicted molar refractivity (Wildman–Crippen MR) is 87.5 cm³/mol. The van der Waals surface area contributed by atoms with Gasteiger partial charge in [0.15, 0.2) is 0 Å². The van der Waals surface area contributed by atoms with Crippen molar-refractivity contribution in [1.82, 2.24) is 20.1 Å². The number of nitrogens with zero attached hydrogens (tertiary/aromatic N) is 3. The Labute approximate surface area is 131 Å². The van der Waals surface area contributed by atoms with Crippen LogP contribution in [0.15, 0.2) is 24.4 Å². The minimum atomic E-state index is 0.0639. The average molecular weight is 308 g/mol. The molecule has 2 amide bonds. The molecule has 2 heterocycles. The first-order chi connectivity index (χ1) is 10.2. The van der Waals surface area contributed by atoms with E-state index in [1.807, 2.05) is 36.2 Å². The number of carbonyl (C=O) groups is 1. The van der Waals surface area contributed by atoms with E-state index >= 15 is 0 Å². The molecular formula is C15H24N4OS. The molecule has 1 saturated heterocycles. The van der Waals surface area contributed by atoms with Crippen LogP contribution in [0.1, 0.15) is 12.6 Å². The quantitative estimate of drug-likeness (QED) is 0.899. The summed E-state index contributed by atoms with van der Waals surface area (Å²) in [5, 5.41) is 3.05. The van der Waals surface area contributed by atoms with Crippen LogP contribution in [0.2, 0.25) is 0 Å². The molecule has 1 aromatic rings. The minimum Gasteiger partial charge on any atom is -0.335 e. The van der Waals surface area contributed by atoms with Crippen LogP contribution in [0.3, 0.4) is 0 Å². The Bertz CT molecular complexity index is 435. The number of pyridine rings is 1. The van der Waals surface area contributed by atoms with Crippen molar-refractivity contribution in [1.29, 1.82) is 0 Å². The van der Waals surface area contributed by atoms with Crippen molar-refractivity contribution >= 4 is 17.8 Å². The number of aromatic nitrogens is 1. The van der Waals surface area contributed by atoms with Gasteiger partial charge in [0, 0.05) is 50.7 Å². The Morgan fingerprint density at radius 3 is 2.76 bits per heavy atom. The minimum absolute atomic E-state index is 0.0639. The number of hydrogen-bond acceptors (Lipinski definition) is 4. The Morgan fingerprint density at radius 1 is 1.38 bits per heavy atom. The molecule has 1 aliphatic heterocycles. The number of thioether (sulfide) groups is 1. The molecule has 0 saturated carbocycles. The fourth-order valence-corrected chi connectivity index (χ4v) is 3.01. The first-order valence-corrected chi connectivity index (χ1v) is 8.75. The Kier molecular flexibility index (Phi) is 6.32. The van der Waals surface area contributed by atoms with E-state index in [1.54, 1.807) is 11.8 Å². The second-order valence-corrected chi connectivity index (χ2v) is 6.30. The van der Waals surface area contributed by atoms with Gasteiger partial charge in [-0.25, -0.2) is 4.79 Å². The molecule has 0 unspecified atom stereocenters. The summed E-state index contributed by atoms with van der Waals surface area (Å²) in [5.74, 6) is 0.950. The SMILES string of the molecule is CSC[C@H](C)NC(=O)N1CCN(Cc2ccccn2)CC1. The third-order valence-electron chi connectivity index (χ3n) is 3.56. The fourth-order valence-electron chi connectivity index (χ4n) is 2.42. The third kappa shape index (κ3) is 5.21. The molecule has 0 radical (unpaired) electrons. The lowest BCUT2D eigenvalue weighted by atomic mass is 10.2. The highest BCUT2D eigenvalue weighted by atomic mass is 32.2. The van der Waals surface area contributed by atoms with Gasteiger partial charge in [0.05, 0.1) is 5.69 Å². The van der Waals surface area contributed by atoms with Crippen LogP contribution in [-0.4, -0.2) is 65.0 Å². The molecule has 1 fully saturated rings. The van der Waals surface area contributed by atoms with Crippen LogP contribution < -0.4 is 5.32 Å². The largest absolute Gasteiger partial charge is 0.335 e. The Hall–Kier alpha value is -1.27. The Morgan fingerprint density at radius 2 is 2.14 bits per heavy atom. The van der Waals surface area contributed by atoms with Crippen molar-refractivity contribution in [2.24, 2.45) is 0 Å². The number of amides is 2. The van der Waals surface area contributed by atoms with Gasteiger partial charge >= 0.3 is 6.03 Å². The molecule has 116 valence electrons. The van der Waals surface area contributed by atoms with E-state index in [1.165, 1.54) is 0 Å². The van der Waals surface area contributed by atoms with Gasteiger partial charge in [-0.1, -0.05) is 6.07 Å². The standard InChI is InChI=1S/C15H24N4OS/c1-13(12-21-2)17-15(20)19-9-7-18(8-10-19)11-14-5-3-4-6-16-14/h3-6,13H,7-12H2,1-2H3,(H,17,20)/t13-/m0/s1. The topological polar surface area (TPSA) is 48.5 Å². The van der Waals surface area contributed by atoms with Crippen LogP contribution in [-0.2, 0) is 6.54 Å². The zero-order valence-electron chi connectivity index (χ0n) is 12.8. The maximum Gasteiger partial charge on any atom is 0.317 e. The van der Waals surface area contributed by atoms with Crippen molar-refractivity contribution in [3.63, 3.8) is 0 Å². The summed E-state index contributed by atoms with van der Waals surface area (Å²) >= 11 is 1.75. The summed E-state index contributed by atoms with van der Waals surface area (Å²) in [4.78, 5) is 20.7. The van der Waals surface area contributed by atoms with Gasteiger partial charge in [-0.2, -0.15) is 11.8 Å². The number of hydrogen-bond donors (Lipinski definition) is 1. The molecule has 0 bridgehead atoms. The maximum absolute atomic E-state index is 12.1. The maximum atomic E-state index is 12.1. The number of piperazine rings is 1. The first kappa shape index (κ1) is 16.1. The lowest BCUT2D eigenvalue weighted by molar-refractivity contribution is 0.133. The summed E-state index contributed by atoms with van der Waals surface area (Å²) in [6.45, 7) is 6.28. The summed E-state index contributed by atoms with van der Waals surface area (Å²) in [6.07, 6.45) is 3.88. The zero-order valence-corrected chi connectivity index (χ0v) is 13.6. The highest BCUT2D eigenvalue weighted by molar-refractivity contribution is 7.98. The molecule has 1 aliphatic rings. The van der Waals surface area contributed by atoms with E-state index in [0.717, 1.165) is 44.2 Å². The van der Waals surface area contributed by atoms with E-state index in [9.17, 15) is 4.79 Å². The second-order valence-electron chi connectivity index (χ2n) is 5.39. The van der Waals surface area contributed by atoms with Gasteiger partial charge in [-0.05, 0) is 25.3 Å². The molecular weight excluding hydrogens is 284 g/mol. The number of rotatable bonds is 5. The van der Waals surface area contributed by atoms with Crippen molar-refractivity contribution in [2.75, 3.05) is 38.2 Å². The van der Waals surface area contributed by atoms with Crippen LogP contribution in [0.5, 0.6) is 0 Å². The molecule has 21 heavy (non-hydrogen) atoms. The molecule has 5 nitrogen and oxygen atoms in total. The van der Waals surface area contributed by atoms with Crippen molar-refractivity contribution in [2.45, 2.75) is 19.5 Å². The van der Waals surface area contributed by atoms with Gasteiger partial charge in [-0.3, -0.25) is 9.88 Å². The molecule has 1 aromatic heterocycles. The highest BCUT2D eigenvalue weighted by Gasteiger charge is 2.22. The summed E-state index contributed by atoms with van der Waals surface area (Å²) in [5.41, 5.74) is 1.09. The Balaban J connectivity index is 1.74. The average Bonchev–Trinajstić information content (AvgIpc) is 2.49. The van der Waals surface area contributed by atoms with E-state index in [-0.39, 0.29) is 12.1 Å². The normalized spacial score (nSPS) is 17.5. The fraction of sp³-hybridized carbons (Fsp3) is 0.600. The zero-order chi connectivity index (χ0) is 15.1. The first-order valence-electron chi connectivity index (χ1n) is 7.35. The van der Waals surface area contributed by atoms with Crippen LogP contribution >= 0.6 is 11.8 Å². The van der Waals surface area contributed by atoms with Gasteiger partial charge in [0.2, 0.25) is 0 Å². The van der Waals surface area contributed by atoms with Crippen LogP contribution in [0, 0.1) is 0 Å². The summed E-state index contributed by atoms with van der Waals surface area (Å²) in [7, 11) is 0. The molecule has 0 aromatic carbocycles. The highest BCUT2D eigenvalue weighted by Crippen LogP contribution is 2.07. The number of nitrogens with one attached hydrogen (secondary N) is 1. The molecule has 2 rings (SSSR count). The van der Waals surface area contributed by atoms with Gasteiger partial charge in [0.25, 0.3) is 0 Å². The molecule has 6 heteroatoms. The molecule has 1 atom stereocenters. The second kappa shape index (κ2) is 8.24. The van der Waals surface area contributed by atoms with Crippen molar-refractivity contribution < 1.29 is 4.79 Å². The predicted octanol–water partition coefficient (Wildman–Crippen LogP) is 1.66. The lowest BCUT2D eigenvalue weighted by Crippen LogP contribution is -2.53. The molecule has 0 aliphatic carbocycles. The van der Waals surface area contributed by atoms with E-state index in [2.05, 4.69) is 21.5 Å². The monoisotopic (exact) mass is 308 g/mol. The van der Waals surface area contributed by atoms with Gasteiger partial charge in [0.1, 0.15) is 0 Å². The molecule has 1 N–H and O–H groups in total. The van der Waals surface area contributed by atoms with E-state index in [4.69, 9.17) is 0 Å². The smallest absolute Gasteiger partial charge is 0.317 e. The number of carbonyl (C=O) groups excluding carboxylic acids is 1. The third-order valence-corrected chi connectivity index (χ3v) is 4.39. The lowest BCUT2D eigenvalue weighted by Gasteiger charge is -2.35. The summed E-state index contributed by atoms with van der Waals surface area (Å²) in [6, 6.07) is 6.28. The van der Waals surface area contributed by atoms with Gasteiger partial charge in [-0.15, -0.1) is 0 Å².